The van der Waals surface area contributed by atoms with Gasteiger partial charge in [0.05, 0.1) is 22.1 Å². The van der Waals surface area contributed by atoms with Crippen LogP contribution < -0.4 is 21.3 Å². The van der Waals surface area contributed by atoms with Crippen LogP contribution in [0.1, 0.15) is 131 Å². The van der Waals surface area contributed by atoms with E-state index < -0.39 is 92.2 Å². The van der Waals surface area contributed by atoms with Gasteiger partial charge < -0.3 is 26.2 Å². The Morgan fingerprint density at radius 1 is 0.852 bits per heavy atom. The van der Waals surface area contributed by atoms with Gasteiger partial charge in [0, 0.05) is 19.0 Å². The number of sulfone groups is 1. The summed E-state index contributed by atoms with van der Waals surface area (Å²) in [5, 5.41) is 10.9. The summed E-state index contributed by atoms with van der Waals surface area (Å²) in [5.74, 6) is -4.26. The average molecular weight is 788 g/mol. The quantitative estimate of drug-likeness (QED) is 0.196. The summed E-state index contributed by atoms with van der Waals surface area (Å²) in [6, 6.07) is -4.89. The lowest BCUT2D eigenvalue weighted by atomic mass is 9.70. The lowest BCUT2D eigenvalue weighted by molar-refractivity contribution is -0.148. The highest BCUT2D eigenvalue weighted by Gasteiger charge is 2.70. The molecule has 1 aliphatic heterocycles. The normalized spacial score (nSPS) is 27.1. The Hall–Kier alpha value is -2.91. The molecule has 5 atom stereocenters. The van der Waals surface area contributed by atoms with Crippen LogP contribution in [-0.4, -0.2) is 95.8 Å². The molecule has 1 saturated heterocycles. The van der Waals surface area contributed by atoms with Gasteiger partial charge in [-0.1, -0.05) is 59.3 Å². The first-order valence-corrected chi connectivity index (χ1v) is 21.4. The van der Waals surface area contributed by atoms with Gasteiger partial charge in [-0.3, -0.25) is 19.2 Å². The molecular weight excluding hydrogens is 728 g/mol. The Bertz CT molecular complexity index is 1580. The molecule has 12 nitrogen and oxygen atoms in total. The molecule has 1 unspecified atom stereocenters. The molecular formula is C38H60F3N5O7S. The van der Waals surface area contributed by atoms with E-state index in [1.165, 1.54) is 4.90 Å². The Morgan fingerprint density at radius 2 is 1.43 bits per heavy atom. The molecule has 4 saturated carbocycles. The maximum atomic E-state index is 14.9. The summed E-state index contributed by atoms with van der Waals surface area (Å²) in [7, 11) is -3.63. The highest BCUT2D eigenvalue weighted by atomic mass is 32.2. The van der Waals surface area contributed by atoms with Crippen LogP contribution in [0.2, 0.25) is 0 Å². The zero-order valence-corrected chi connectivity index (χ0v) is 33.4. The summed E-state index contributed by atoms with van der Waals surface area (Å²) in [6.07, 6.45) is 1.53. The number of ketones is 1. The number of rotatable bonds is 13. The number of nitrogens with one attached hydrogen (secondary N) is 4. The zero-order chi connectivity index (χ0) is 40.1. The number of hydrogen-bond acceptors (Lipinski definition) is 7. The van der Waals surface area contributed by atoms with Crippen molar-refractivity contribution in [3.8, 4) is 0 Å². The van der Waals surface area contributed by atoms with Crippen molar-refractivity contribution in [1.82, 2.24) is 26.2 Å². The van der Waals surface area contributed by atoms with Gasteiger partial charge in [-0.25, -0.2) is 13.2 Å². The molecule has 0 aromatic rings. The second-order valence-corrected chi connectivity index (χ2v) is 21.4. The number of carbonyl (C=O) groups is 5. The minimum absolute atomic E-state index is 0.110. The van der Waals surface area contributed by atoms with Gasteiger partial charge in [0.15, 0.2) is 9.84 Å². The summed E-state index contributed by atoms with van der Waals surface area (Å²) in [4.78, 5) is 70.3. The van der Waals surface area contributed by atoms with E-state index in [1.54, 1.807) is 20.8 Å². The van der Waals surface area contributed by atoms with Crippen LogP contribution in [0.5, 0.6) is 0 Å². The van der Waals surface area contributed by atoms with Crippen molar-refractivity contribution in [2.75, 3.05) is 12.3 Å². The zero-order valence-electron chi connectivity index (χ0n) is 32.6. The molecule has 306 valence electrons. The van der Waals surface area contributed by atoms with Gasteiger partial charge in [0.2, 0.25) is 17.6 Å². The minimum atomic E-state index is -4.64. The van der Waals surface area contributed by atoms with E-state index in [-0.39, 0.29) is 35.6 Å². The van der Waals surface area contributed by atoms with Crippen LogP contribution in [-0.2, 0) is 29.0 Å². The van der Waals surface area contributed by atoms with Crippen molar-refractivity contribution < 1.29 is 45.6 Å². The van der Waals surface area contributed by atoms with E-state index in [0.717, 1.165) is 38.5 Å². The largest absolute Gasteiger partial charge is 0.389 e. The third-order valence-corrected chi connectivity index (χ3v) is 15.8. The predicted molar refractivity (Wildman–Crippen MR) is 196 cm³/mol. The van der Waals surface area contributed by atoms with Gasteiger partial charge in [-0.05, 0) is 88.4 Å². The lowest BCUT2D eigenvalue weighted by Gasteiger charge is -2.44. The number of Topliss-reactive ketones (excluding diaryl/α,β-unsaturated/α-hetero) is 1. The number of carbonyl (C=O) groups excluding carboxylic acids is 5. The van der Waals surface area contributed by atoms with Gasteiger partial charge in [-0.15, -0.1) is 0 Å². The van der Waals surface area contributed by atoms with Crippen LogP contribution in [0.4, 0.5) is 18.0 Å². The molecule has 0 aromatic carbocycles. The molecule has 54 heavy (non-hydrogen) atoms. The second-order valence-electron chi connectivity index (χ2n) is 18.7. The number of urea groups is 1. The molecule has 1 heterocycles. The highest BCUT2D eigenvalue weighted by molar-refractivity contribution is 7.92. The van der Waals surface area contributed by atoms with Crippen molar-refractivity contribution in [3.05, 3.63) is 0 Å². The first-order chi connectivity index (χ1) is 24.9. The van der Waals surface area contributed by atoms with Crippen molar-refractivity contribution in [3.63, 3.8) is 0 Å². The van der Waals surface area contributed by atoms with E-state index in [1.807, 2.05) is 20.8 Å². The number of hydrogen-bond donors (Lipinski definition) is 4. The smallest absolute Gasteiger partial charge is 0.347 e. The van der Waals surface area contributed by atoms with E-state index >= 15 is 0 Å². The predicted octanol–water partition coefficient (Wildman–Crippen LogP) is 4.70. The SMILES string of the molecule is CC1([C@H](NC(=O)NC2(CS(=O)(=O)C(C)(C)C)CCCCC2)C(=O)N2C[C@H]3[C@@H]([C@H]2C(=O)NC(CCC(F)(F)F)C(=O)C(=O)NC2CC2)C3(C)C)CCCCC1. The van der Waals surface area contributed by atoms with Crippen molar-refractivity contribution >= 4 is 39.4 Å². The molecule has 5 fully saturated rings. The first-order valence-electron chi connectivity index (χ1n) is 19.7. The molecule has 5 rings (SSSR count). The van der Waals surface area contributed by atoms with Crippen LogP contribution in [0.25, 0.3) is 0 Å². The molecule has 0 radical (unpaired) electrons. The fourth-order valence-electron chi connectivity index (χ4n) is 9.16. The fraction of sp³-hybridized carbons (Fsp3) is 0.868. The number of piperidine rings is 1. The van der Waals surface area contributed by atoms with Gasteiger partial charge >= 0.3 is 12.2 Å². The maximum Gasteiger partial charge on any atom is 0.389 e. The van der Waals surface area contributed by atoms with E-state index in [0.29, 0.717) is 38.5 Å². The van der Waals surface area contributed by atoms with E-state index in [9.17, 15) is 45.6 Å². The van der Waals surface area contributed by atoms with E-state index in [2.05, 4.69) is 21.3 Å². The topological polar surface area (TPSA) is 171 Å². The Morgan fingerprint density at radius 3 is 1.96 bits per heavy atom. The molecule has 4 N–H and O–H groups in total. The van der Waals surface area contributed by atoms with Crippen molar-refractivity contribution in [2.24, 2.45) is 22.7 Å². The Labute approximate surface area is 317 Å². The molecule has 0 aromatic heterocycles. The number of amides is 5. The van der Waals surface area contributed by atoms with Gasteiger partial charge in [0.25, 0.3) is 5.91 Å². The van der Waals surface area contributed by atoms with Crippen molar-refractivity contribution in [2.45, 2.75) is 172 Å². The minimum Gasteiger partial charge on any atom is -0.347 e. The third kappa shape index (κ3) is 9.37. The fourth-order valence-corrected chi connectivity index (χ4v) is 10.7. The molecule has 0 spiro atoms. The average Bonchev–Trinajstić information content (AvgIpc) is 3.91. The number of fused-ring (bicyclic) bond motifs is 1. The molecule has 5 aliphatic rings. The summed E-state index contributed by atoms with van der Waals surface area (Å²) < 4.78 is 65.8. The standard InChI is InChI=1S/C38H60F3N5O7S/c1-34(2,3)54(52,53)22-37(18-11-8-12-19-37)45-33(51)44-29(36(6)16-9-7-10-17-36)32(50)46-21-24-26(35(24,4)5)27(46)30(48)43-25(15-20-38(39,40)41)28(47)31(49)42-23-13-14-23/h23-27,29H,7-22H2,1-6H3,(H,42,49)(H,43,48)(H2,44,45,51)/t24-,25?,26-,27-,29+/m0/s1. The second kappa shape index (κ2) is 15.2. The van der Waals surface area contributed by atoms with Crippen LogP contribution in [0.3, 0.4) is 0 Å². The molecule has 4 aliphatic carbocycles. The summed E-state index contributed by atoms with van der Waals surface area (Å²) in [5.41, 5.74) is -2.12. The third-order valence-electron chi connectivity index (χ3n) is 13.0. The van der Waals surface area contributed by atoms with E-state index in [4.69, 9.17) is 0 Å². The summed E-state index contributed by atoms with van der Waals surface area (Å²) in [6.45, 7) is 10.9. The summed E-state index contributed by atoms with van der Waals surface area (Å²) >= 11 is 0. The Kier molecular flexibility index (Phi) is 11.9. The maximum absolute atomic E-state index is 14.9. The molecule has 0 bridgehead atoms. The number of likely N-dealkylation sites (tertiary alicyclic amines) is 1. The number of nitrogens with zero attached hydrogens (tertiary/aromatic N) is 1. The highest BCUT2D eigenvalue weighted by Crippen LogP contribution is 2.65. The molecule has 16 heteroatoms. The first kappa shape index (κ1) is 42.2. The molecule has 5 amide bonds. The monoisotopic (exact) mass is 787 g/mol. The van der Waals surface area contributed by atoms with Gasteiger partial charge in [0.1, 0.15) is 12.1 Å². The van der Waals surface area contributed by atoms with Crippen LogP contribution in [0, 0.1) is 22.7 Å². The number of alkyl halides is 3. The van der Waals surface area contributed by atoms with Crippen LogP contribution >= 0.6 is 0 Å². The Balaban J connectivity index is 1.40. The van der Waals surface area contributed by atoms with Gasteiger partial charge in [-0.2, -0.15) is 13.2 Å². The van der Waals surface area contributed by atoms with Crippen LogP contribution in [0.15, 0.2) is 0 Å². The lowest BCUT2D eigenvalue weighted by Crippen LogP contribution is -2.65. The van der Waals surface area contributed by atoms with Crippen molar-refractivity contribution in [1.29, 1.82) is 0 Å². The number of halogens is 3.